The molecule has 146 valence electrons. The minimum Gasteiger partial charge on any atom is -0.342 e. The van der Waals surface area contributed by atoms with Crippen LogP contribution < -0.4 is 16.0 Å². The average molecular weight is 371 g/mol. The minimum absolute atomic E-state index is 0.930. The number of nitrogens with two attached hydrogens (primary N) is 2. The Morgan fingerprint density at radius 1 is 0.852 bits per heavy atom. The van der Waals surface area contributed by atoms with Gasteiger partial charge < -0.3 is 16.0 Å². The van der Waals surface area contributed by atoms with Gasteiger partial charge in [0.1, 0.15) is 13.1 Å². The van der Waals surface area contributed by atoms with Crippen molar-refractivity contribution in [1.29, 1.82) is 0 Å². The quantitative estimate of drug-likeness (QED) is 0.678. The van der Waals surface area contributed by atoms with Crippen molar-refractivity contribution in [3.63, 3.8) is 0 Å². The number of pyridine rings is 2. The molecule has 0 aromatic carbocycles. The molecule has 1 saturated heterocycles. The molecule has 27 heavy (non-hydrogen) atoms. The second kappa shape index (κ2) is 11.8. The van der Waals surface area contributed by atoms with Gasteiger partial charge in [-0.2, -0.15) is 0 Å². The van der Waals surface area contributed by atoms with Crippen LogP contribution in [0.3, 0.4) is 0 Å². The van der Waals surface area contributed by atoms with Crippen LogP contribution in [0.5, 0.6) is 0 Å². The van der Waals surface area contributed by atoms with E-state index in [4.69, 9.17) is 0 Å². The molecule has 0 aliphatic carbocycles. The molecule has 0 bridgehead atoms. The third-order valence-corrected chi connectivity index (χ3v) is 4.98. The molecule has 1 fully saturated rings. The van der Waals surface area contributed by atoms with Crippen LogP contribution in [0, 0.1) is 0 Å². The van der Waals surface area contributed by atoms with Crippen molar-refractivity contribution in [2.24, 2.45) is 0 Å². The second-order valence-electron chi connectivity index (χ2n) is 7.23. The van der Waals surface area contributed by atoms with Gasteiger partial charge >= 0.3 is 0 Å². The zero-order valence-electron chi connectivity index (χ0n) is 16.3. The summed E-state index contributed by atoms with van der Waals surface area (Å²) in [4.78, 5) is 11.6. The summed E-state index contributed by atoms with van der Waals surface area (Å²) in [7, 11) is 0. The van der Waals surface area contributed by atoms with Crippen LogP contribution >= 0.6 is 0 Å². The SMILES string of the molecule is c1ccc(-c2ccc(CN3CCC[NH2+]CC[NH2+]CCCNCC3)cn2)nc1. The lowest BCUT2D eigenvalue weighted by Gasteiger charge is -2.22. The van der Waals surface area contributed by atoms with E-state index >= 15 is 0 Å². The Morgan fingerprint density at radius 3 is 2.48 bits per heavy atom. The molecule has 6 heteroatoms. The van der Waals surface area contributed by atoms with E-state index in [9.17, 15) is 0 Å². The number of rotatable bonds is 3. The van der Waals surface area contributed by atoms with Crippen molar-refractivity contribution >= 4 is 0 Å². The van der Waals surface area contributed by atoms with Crippen LogP contribution in [-0.4, -0.2) is 67.2 Å². The first-order chi connectivity index (χ1) is 13.4. The fraction of sp³-hybridized carbons (Fsp3) is 0.524. The van der Waals surface area contributed by atoms with Gasteiger partial charge in [-0.15, -0.1) is 0 Å². The van der Waals surface area contributed by atoms with Crippen molar-refractivity contribution in [1.82, 2.24) is 20.2 Å². The van der Waals surface area contributed by atoms with Gasteiger partial charge in [-0.25, -0.2) is 0 Å². The smallest absolute Gasteiger partial charge is 0.125 e. The first-order valence-electron chi connectivity index (χ1n) is 10.3. The predicted molar refractivity (Wildman–Crippen MR) is 108 cm³/mol. The summed E-state index contributed by atoms with van der Waals surface area (Å²) in [6.45, 7) is 10.3. The zero-order valence-corrected chi connectivity index (χ0v) is 16.3. The highest BCUT2D eigenvalue weighted by atomic mass is 15.1. The third kappa shape index (κ3) is 7.34. The molecule has 1 aliphatic heterocycles. The monoisotopic (exact) mass is 370 g/mol. The van der Waals surface area contributed by atoms with Crippen molar-refractivity contribution in [3.8, 4) is 11.4 Å². The van der Waals surface area contributed by atoms with Crippen LogP contribution in [0.1, 0.15) is 18.4 Å². The molecule has 0 amide bonds. The highest BCUT2D eigenvalue weighted by Crippen LogP contribution is 2.14. The maximum absolute atomic E-state index is 4.63. The molecule has 0 spiro atoms. The van der Waals surface area contributed by atoms with Gasteiger partial charge in [-0.3, -0.25) is 14.9 Å². The first kappa shape index (κ1) is 19.9. The summed E-state index contributed by atoms with van der Waals surface area (Å²) in [5.74, 6) is 0. The lowest BCUT2D eigenvalue weighted by atomic mass is 10.2. The van der Waals surface area contributed by atoms with Crippen LogP contribution in [0.4, 0.5) is 0 Å². The summed E-state index contributed by atoms with van der Waals surface area (Å²) < 4.78 is 0. The molecule has 2 aromatic rings. The molecule has 6 nitrogen and oxygen atoms in total. The molecule has 0 saturated carbocycles. The van der Waals surface area contributed by atoms with Crippen molar-refractivity contribution in [2.75, 3.05) is 52.4 Å². The number of quaternary nitrogens is 2. The highest BCUT2D eigenvalue weighted by molar-refractivity contribution is 5.53. The summed E-state index contributed by atoms with van der Waals surface area (Å²) in [6.07, 6.45) is 6.30. The Labute approximate surface area is 162 Å². The van der Waals surface area contributed by atoms with E-state index < -0.39 is 0 Å². The molecule has 1 aliphatic rings. The van der Waals surface area contributed by atoms with E-state index in [-0.39, 0.29) is 0 Å². The lowest BCUT2D eigenvalue weighted by Crippen LogP contribution is -2.95. The summed E-state index contributed by atoms with van der Waals surface area (Å²) in [6, 6.07) is 10.2. The Hall–Kier alpha value is -1.86. The molecule has 5 N–H and O–H groups in total. The third-order valence-electron chi connectivity index (χ3n) is 4.98. The standard InChI is InChI=1S/C21H32N6/c1-2-11-25-20(5-1)21-7-6-19(17-26-21)18-27-15-4-10-23-13-12-22-8-3-9-24-14-16-27/h1-2,5-7,11,17,22-24H,3-4,8-10,12-16,18H2/p+2. The predicted octanol–water partition coefficient (Wildman–Crippen LogP) is -0.544. The Bertz CT molecular complexity index is 617. The molecule has 3 rings (SSSR count). The molecule has 2 aromatic heterocycles. The molecular formula is C21H34N6+2. The van der Waals surface area contributed by atoms with E-state index in [1.54, 1.807) is 0 Å². The zero-order chi connectivity index (χ0) is 18.6. The Kier molecular flexibility index (Phi) is 8.67. The van der Waals surface area contributed by atoms with Crippen molar-refractivity contribution < 1.29 is 10.6 Å². The van der Waals surface area contributed by atoms with Crippen LogP contribution in [0.25, 0.3) is 11.4 Å². The largest absolute Gasteiger partial charge is 0.342 e. The van der Waals surface area contributed by atoms with Gasteiger partial charge in [0.25, 0.3) is 0 Å². The summed E-state index contributed by atoms with van der Waals surface area (Å²) in [5, 5.41) is 8.49. The number of nitrogens with zero attached hydrogens (tertiary/aromatic N) is 3. The van der Waals surface area contributed by atoms with Gasteiger partial charge in [0.05, 0.1) is 24.5 Å². The minimum atomic E-state index is 0.930. The topological polar surface area (TPSA) is 74.3 Å². The molecule has 0 unspecified atom stereocenters. The maximum Gasteiger partial charge on any atom is 0.125 e. The van der Waals surface area contributed by atoms with E-state index in [1.807, 2.05) is 30.6 Å². The van der Waals surface area contributed by atoms with Crippen molar-refractivity contribution in [2.45, 2.75) is 19.4 Å². The summed E-state index contributed by atoms with van der Waals surface area (Å²) >= 11 is 0. The molecule has 0 radical (unpaired) electrons. The van der Waals surface area contributed by atoms with Gasteiger partial charge in [0.15, 0.2) is 0 Å². The van der Waals surface area contributed by atoms with Crippen LogP contribution in [-0.2, 0) is 6.54 Å². The normalized spacial score (nSPS) is 18.7. The van der Waals surface area contributed by atoms with Gasteiger partial charge in [0, 0.05) is 58.0 Å². The van der Waals surface area contributed by atoms with Crippen molar-refractivity contribution in [3.05, 3.63) is 48.3 Å². The van der Waals surface area contributed by atoms with Gasteiger partial charge in [0.2, 0.25) is 0 Å². The molecule has 3 heterocycles. The lowest BCUT2D eigenvalue weighted by molar-refractivity contribution is -0.723. The molecule has 0 atom stereocenters. The second-order valence-corrected chi connectivity index (χ2v) is 7.23. The highest BCUT2D eigenvalue weighted by Gasteiger charge is 2.08. The number of hydrogen-bond donors (Lipinski definition) is 3. The Morgan fingerprint density at radius 2 is 1.70 bits per heavy atom. The number of nitrogens with one attached hydrogen (secondary N) is 1. The van der Waals surface area contributed by atoms with Crippen LogP contribution in [0.15, 0.2) is 42.7 Å². The van der Waals surface area contributed by atoms with Gasteiger partial charge in [-0.05, 0) is 23.8 Å². The average Bonchev–Trinajstić information content (AvgIpc) is 2.72. The fourth-order valence-electron chi connectivity index (χ4n) is 3.43. The van der Waals surface area contributed by atoms with E-state index in [0.29, 0.717) is 0 Å². The van der Waals surface area contributed by atoms with E-state index in [2.05, 4.69) is 43.0 Å². The van der Waals surface area contributed by atoms with Gasteiger partial charge in [-0.1, -0.05) is 12.1 Å². The first-order valence-corrected chi connectivity index (χ1v) is 10.3. The van der Waals surface area contributed by atoms with E-state index in [0.717, 1.165) is 44.1 Å². The maximum atomic E-state index is 4.63. The number of hydrogen-bond acceptors (Lipinski definition) is 4. The Balaban J connectivity index is 1.54. The van der Waals surface area contributed by atoms with E-state index in [1.165, 1.54) is 44.6 Å². The number of aromatic nitrogens is 2. The molecular weight excluding hydrogens is 336 g/mol. The fourth-order valence-corrected chi connectivity index (χ4v) is 3.43. The van der Waals surface area contributed by atoms with Crippen LogP contribution in [0.2, 0.25) is 0 Å². The summed E-state index contributed by atoms with van der Waals surface area (Å²) in [5.41, 5.74) is 3.14.